The molecule has 0 spiro atoms. The Hall–Kier alpha value is -1.55. The van der Waals surface area contributed by atoms with E-state index in [1.165, 1.54) is 6.42 Å². The quantitative estimate of drug-likeness (QED) is 0.853. The number of hydrogen-bond acceptors (Lipinski definition) is 3. The van der Waals surface area contributed by atoms with Crippen molar-refractivity contribution in [3.05, 3.63) is 29.8 Å². The van der Waals surface area contributed by atoms with E-state index in [1.807, 2.05) is 18.2 Å². The van der Waals surface area contributed by atoms with Crippen LogP contribution in [0.3, 0.4) is 0 Å². The first-order valence-corrected chi connectivity index (χ1v) is 9.07. The lowest BCUT2D eigenvalue weighted by atomic mass is 9.72. The molecule has 1 amide bonds. The summed E-state index contributed by atoms with van der Waals surface area (Å²) in [6.45, 7) is 7.47. The largest absolute Gasteiger partial charge is 0.496 e. The maximum Gasteiger partial charge on any atom is 0.233 e. The topological polar surface area (TPSA) is 38.8 Å². The smallest absolute Gasteiger partial charge is 0.233 e. The number of methoxy groups -OCH3 is 1. The number of piperidine rings is 1. The van der Waals surface area contributed by atoms with Crippen molar-refractivity contribution in [2.45, 2.75) is 38.5 Å². The zero-order chi connectivity index (χ0) is 17.2. The second kappa shape index (κ2) is 7.14. The van der Waals surface area contributed by atoms with E-state index in [9.17, 15) is 4.79 Å². The molecule has 0 N–H and O–H groups in total. The van der Waals surface area contributed by atoms with Gasteiger partial charge in [0.2, 0.25) is 5.91 Å². The third-order valence-electron chi connectivity index (χ3n) is 5.53. The van der Waals surface area contributed by atoms with Crippen molar-refractivity contribution in [3.63, 3.8) is 0 Å². The van der Waals surface area contributed by atoms with Crippen LogP contribution in [0.25, 0.3) is 0 Å². The van der Waals surface area contributed by atoms with Crippen molar-refractivity contribution in [3.8, 4) is 5.75 Å². The zero-order valence-electron chi connectivity index (χ0n) is 15.1. The van der Waals surface area contributed by atoms with E-state index in [1.54, 1.807) is 7.11 Å². The van der Waals surface area contributed by atoms with E-state index in [4.69, 9.17) is 9.47 Å². The van der Waals surface area contributed by atoms with Gasteiger partial charge in [-0.15, -0.1) is 0 Å². The van der Waals surface area contributed by atoms with E-state index in [0.717, 1.165) is 37.2 Å². The van der Waals surface area contributed by atoms with Gasteiger partial charge in [0.1, 0.15) is 5.75 Å². The highest BCUT2D eigenvalue weighted by atomic mass is 16.5. The molecule has 1 aromatic carbocycles. The SMILES string of the molecule is COc1ccccc1C1(C(=O)N2CC(C)CC(C)C2)CCOCC1. The maximum absolute atomic E-state index is 13.6. The Balaban J connectivity index is 1.98. The molecule has 2 aliphatic rings. The zero-order valence-corrected chi connectivity index (χ0v) is 15.1. The maximum atomic E-state index is 13.6. The summed E-state index contributed by atoms with van der Waals surface area (Å²) in [5, 5.41) is 0. The van der Waals surface area contributed by atoms with Gasteiger partial charge in [-0.3, -0.25) is 4.79 Å². The number of carbonyl (C=O) groups excluding carboxylic acids is 1. The fourth-order valence-corrected chi connectivity index (χ4v) is 4.49. The van der Waals surface area contributed by atoms with E-state index < -0.39 is 5.41 Å². The van der Waals surface area contributed by atoms with Gasteiger partial charge in [-0.25, -0.2) is 0 Å². The summed E-state index contributed by atoms with van der Waals surface area (Å²) < 4.78 is 11.2. The monoisotopic (exact) mass is 331 g/mol. The number of likely N-dealkylation sites (tertiary alicyclic amines) is 1. The molecular formula is C20H29NO3. The summed E-state index contributed by atoms with van der Waals surface area (Å²) in [4.78, 5) is 15.7. The lowest BCUT2D eigenvalue weighted by Crippen LogP contribution is -2.53. The molecule has 2 fully saturated rings. The summed E-state index contributed by atoms with van der Waals surface area (Å²) in [6.07, 6.45) is 2.66. The molecular weight excluding hydrogens is 302 g/mol. The first-order valence-electron chi connectivity index (χ1n) is 9.07. The van der Waals surface area contributed by atoms with Crippen LogP contribution >= 0.6 is 0 Å². The fraction of sp³-hybridized carbons (Fsp3) is 0.650. The highest BCUT2D eigenvalue weighted by molar-refractivity contribution is 5.89. The Labute approximate surface area is 145 Å². The summed E-state index contributed by atoms with van der Waals surface area (Å²) >= 11 is 0. The molecule has 4 heteroatoms. The van der Waals surface area contributed by atoms with E-state index in [-0.39, 0.29) is 5.91 Å². The Kier molecular flexibility index (Phi) is 5.14. The molecule has 1 aromatic rings. The molecule has 2 aliphatic heterocycles. The molecule has 0 radical (unpaired) electrons. The first kappa shape index (κ1) is 17.3. The highest BCUT2D eigenvalue weighted by Crippen LogP contribution is 2.42. The minimum atomic E-state index is -0.512. The molecule has 2 heterocycles. The normalized spacial score (nSPS) is 26.9. The van der Waals surface area contributed by atoms with Gasteiger partial charge in [0.25, 0.3) is 0 Å². The van der Waals surface area contributed by atoms with Crippen molar-refractivity contribution >= 4 is 5.91 Å². The van der Waals surface area contributed by atoms with Gasteiger partial charge in [-0.2, -0.15) is 0 Å². The Morgan fingerprint density at radius 1 is 1.17 bits per heavy atom. The lowest BCUT2D eigenvalue weighted by Gasteiger charge is -2.44. The fourth-order valence-electron chi connectivity index (χ4n) is 4.49. The molecule has 2 unspecified atom stereocenters. The van der Waals surface area contributed by atoms with Crippen LogP contribution in [0.5, 0.6) is 5.75 Å². The van der Waals surface area contributed by atoms with E-state index in [2.05, 4.69) is 24.8 Å². The van der Waals surface area contributed by atoms with E-state index >= 15 is 0 Å². The summed E-state index contributed by atoms with van der Waals surface area (Å²) in [6, 6.07) is 7.98. The lowest BCUT2D eigenvalue weighted by molar-refractivity contribution is -0.144. The van der Waals surface area contributed by atoms with Crippen LogP contribution in [-0.4, -0.2) is 44.2 Å². The van der Waals surface area contributed by atoms with Crippen LogP contribution in [0.2, 0.25) is 0 Å². The van der Waals surface area contributed by atoms with Crippen LogP contribution in [0.15, 0.2) is 24.3 Å². The van der Waals surface area contributed by atoms with Crippen LogP contribution in [0, 0.1) is 11.8 Å². The second-order valence-corrected chi connectivity index (χ2v) is 7.55. The van der Waals surface area contributed by atoms with Gasteiger partial charge in [0, 0.05) is 31.9 Å². The van der Waals surface area contributed by atoms with Gasteiger partial charge in [0.15, 0.2) is 0 Å². The van der Waals surface area contributed by atoms with Gasteiger partial charge < -0.3 is 14.4 Å². The van der Waals surface area contributed by atoms with Crippen molar-refractivity contribution in [2.24, 2.45) is 11.8 Å². The molecule has 0 saturated carbocycles. The standard InChI is InChI=1S/C20H29NO3/c1-15-12-16(2)14-21(13-15)19(22)20(8-10-24-11-9-20)17-6-4-5-7-18(17)23-3/h4-7,15-16H,8-14H2,1-3H3. The van der Waals surface area contributed by atoms with Crippen LogP contribution < -0.4 is 4.74 Å². The highest BCUT2D eigenvalue weighted by Gasteiger charge is 2.46. The summed E-state index contributed by atoms with van der Waals surface area (Å²) in [7, 11) is 1.68. The van der Waals surface area contributed by atoms with Crippen LogP contribution in [0.4, 0.5) is 0 Å². The van der Waals surface area contributed by atoms with Gasteiger partial charge in [0.05, 0.1) is 12.5 Å². The van der Waals surface area contributed by atoms with Gasteiger partial charge in [-0.05, 0) is 37.2 Å². The van der Waals surface area contributed by atoms with Crippen LogP contribution in [-0.2, 0) is 14.9 Å². The Morgan fingerprint density at radius 2 is 1.79 bits per heavy atom. The molecule has 24 heavy (non-hydrogen) atoms. The van der Waals surface area contributed by atoms with Gasteiger partial charge in [-0.1, -0.05) is 32.0 Å². The first-order chi connectivity index (χ1) is 11.6. The number of amides is 1. The number of ether oxygens (including phenoxy) is 2. The number of para-hydroxylation sites is 1. The second-order valence-electron chi connectivity index (χ2n) is 7.55. The van der Waals surface area contributed by atoms with Crippen molar-refractivity contribution in [1.29, 1.82) is 0 Å². The number of hydrogen-bond donors (Lipinski definition) is 0. The minimum absolute atomic E-state index is 0.258. The molecule has 0 aromatic heterocycles. The molecule has 0 bridgehead atoms. The predicted molar refractivity (Wildman–Crippen MR) is 94.3 cm³/mol. The third kappa shape index (κ3) is 3.16. The summed E-state index contributed by atoms with van der Waals surface area (Å²) in [5.41, 5.74) is 0.508. The molecule has 3 rings (SSSR count). The predicted octanol–water partition coefficient (Wildman–Crippen LogP) is 3.25. The average Bonchev–Trinajstić information content (AvgIpc) is 2.60. The van der Waals surface area contributed by atoms with Crippen molar-refractivity contribution in [1.82, 2.24) is 4.90 Å². The molecule has 2 saturated heterocycles. The number of rotatable bonds is 3. The van der Waals surface area contributed by atoms with E-state index in [0.29, 0.717) is 25.0 Å². The average molecular weight is 331 g/mol. The molecule has 2 atom stereocenters. The Morgan fingerprint density at radius 3 is 2.42 bits per heavy atom. The number of benzene rings is 1. The molecule has 4 nitrogen and oxygen atoms in total. The van der Waals surface area contributed by atoms with Gasteiger partial charge >= 0.3 is 0 Å². The minimum Gasteiger partial charge on any atom is -0.496 e. The molecule has 132 valence electrons. The van der Waals surface area contributed by atoms with Crippen molar-refractivity contribution in [2.75, 3.05) is 33.4 Å². The third-order valence-corrected chi connectivity index (χ3v) is 5.53. The van der Waals surface area contributed by atoms with Crippen LogP contribution in [0.1, 0.15) is 38.7 Å². The number of nitrogens with zero attached hydrogens (tertiary/aromatic N) is 1. The number of carbonyl (C=O) groups is 1. The van der Waals surface area contributed by atoms with Crippen molar-refractivity contribution < 1.29 is 14.3 Å². The molecule has 0 aliphatic carbocycles. The Bertz CT molecular complexity index is 570. The summed E-state index contributed by atoms with van der Waals surface area (Å²) in [5.74, 6) is 2.19.